The third-order valence-corrected chi connectivity index (χ3v) is 6.55. The molecule has 3 N–H and O–H groups in total. The number of rotatable bonds is 7. The van der Waals surface area contributed by atoms with Crippen molar-refractivity contribution in [3.05, 3.63) is 83.4 Å². The highest BCUT2D eigenvalue weighted by atomic mass is 31.1. The molecule has 0 amide bonds. The molecule has 200 valence electrons. The van der Waals surface area contributed by atoms with Crippen molar-refractivity contribution >= 4 is 19.1 Å². The quantitative estimate of drug-likeness (QED) is 0.336. The number of hydrogen-bond donors (Lipinski definition) is 3. The summed E-state index contributed by atoms with van der Waals surface area (Å²) in [6.45, 7) is 4.72. The largest absolute Gasteiger partial charge is 0.508 e. The predicted molar refractivity (Wildman–Crippen MR) is 140 cm³/mol. The lowest BCUT2D eigenvalue weighted by Crippen LogP contribution is -2.49. The first-order valence-corrected chi connectivity index (χ1v) is 13.2. The van der Waals surface area contributed by atoms with E-state index in [2.05, 4.69) is 4.90 Å². The van der Waals surface area contributed by atoms with Gasteiger partial charge in [-0.2, -0.15) is 0 Å². The molecule has 2 heterocycles. The van der Waals surface area contributed by atoms with Gasteiger partial charge in [-0.15, -0.1) is 0 Å². The van der Waals surface area contributed by atoms with E-state index in [1.807, 2.05) is 43.3 Å². The molecule has 8 nitrogen and oxygen atoms in total. The summed E-state index contributed by atoms with van der Waals surface area (Å²) in [4.78, 5) is 9.20. The molecule has 3 aromatic carbocycles. The zero-order chi connectivity index (χ0) is 27.2. The third kappa shape index (κ3) is 6.61. The Morgan fingerprint density at radius 3 is 2.37 bits per heavy atom. The maximum Gasteiger partial charge on any atom is 0.465 e. The summed E-state index contributed by atoms with van der Waals surface area (Å²) in [7, 11) is -3.12. The molecule has 5 rings (SSSR count). The highest BCUT2D eigenvalue weighted by molar-refractivity contribution is 7.23. The van der Waals surface area contributed by atoms with Crippen molar-refractivity contribution in [1.29, 1.82) is 0 Å². The van der Waals surface area contributed by atoms with Crippen LogP contribution in [-0.2, 0) is 9.13 Å². The molecule has 0 radical (unpaired) electrons. The second-order valence-corrected chi connectivity index (χ2v) is 9.68. The Morgan fingerprint density at radius 1 is 1.03 bits per heavy atom. The SMILES string of the molecule is CC1=C(c2cccc(O)c2)[C@@H](c2ccc(OCCN3CC(CF)C3)cc2)Oc2ccc(O)cc21.O=P(=O)O. The molecule has 0 saturated carbocycles. The number of fused-ring (bicyclic) bond motifs is 1. The normalized spacial score (nSPS) is 17.0. The monoisotopic (exact) mass is 541 g/mol. The molecule has 0 aliphatic carbocycles. The number of phenols is 2. The van der Waals surface area contributed by atoms with E-state index in [0.717, 1.165) is 53.2 Å². The van der Waals surface area contributed by atoms with Crippen LogP contribution >= 0.6 is 7.91 Å². The average molecular weight is 542 g/mol. The minimum Gasteiger partial charge on any atom is -0.508 e. The molecule has 0 bridgehead atoms. The van der Waals surface area contributed by atoms with E-state index in [1.165, 1.54) is 0 Å². The predicted octanol–water partition coefficient (Wildman–Crippen LogP) is 5.51. The number of aromatic hydroxyl groups is 2. The van der Waals surface area contributed by atoms with Crippen molar-refractivity contribution in [2.24, 2.45) is 5.92 Å². The van der Waals surface area contributed by atoms with E-state index in [4.69, 9.17) is 23.5 Å². The number of allylic oxidation sites excluding steroid dienone is 1. The number of phenolic OH excluding ortho intramolecular Hbond substituents is 2. The number of ether oxygens (including phenoxy) is 2. The molecule has 3 aromatic rings. The summed E-state index contributed by atoms with van der Waals surface area (Å²) in [5.74, 6) is 2.01. The van der Waals surface area contributed by atoms with Crippen LogP contribution in [0.25, 0.3) is 11.1 Å². The maximum absolute atomic E-state index is 12.6. The number of alkyl halides is 1. The number of nitrogens with zero attached hydrogens (tertiary/aromatic N) is 1. The van der Waals surface area contributed by atoms with Crippen LogP contribution in [0.3, 0.4) is 0 Å². The summed E-state index contributed by atoms with van der Waals surface area (Å²) in [5, 5.41) is 20.1. The molecule has 1 saturated heterocycles. The lowest BCUT2D eigenvalue weighted by molar-refractivity contribution is 0.0668. The second kappa shape index (κ2) is 12.3. The Kier molecular flexibility index (Phi) is 8.84. The zero-order valence-corrected chi connectivity index (χ0v) is 21.7. The van der Waals surface area contributed by atoms with Crippen molar-refractivity contribution < 1.29 is 38.1 Å². The van der Waals surface area contributed by atoms with Gasteiger partial charge in [0.05, 0.1) is 6.67 Å². The Hall–Kier alpha value is -3.65. The first-order valence-electron chi connectivity index (χ1n) is 12.1. The fourth-order valence-corrected chi connectivity index (χ4v) is 4.71. The third-order valence-electron chi connectivity index (χ3n) is 6.55. The van der Waals surface area contributed by atoms with Crippen molar-refractivity contribution in [2.45, 2.75) is 13.0 Å². The topological polar surface area (TPSA) is 117 Å². The molecule has 0 aromatic heterocycles. The second-order valence-electron chi connectivity index (χ2n) is 9.20. The molecular formula is C28H29FNO7P. The minimum absolute atomic E-state index is 0.176. The number of hydrogen-bond acceptors (Lipinski definition) is 7. The van der Waals surface area contributed by atoms with Crippen molar-refractivity contribution in [2.75, 3.05) is 32.9 Å². The molecule has 0 spiro atoms. The first kappa shape index (κ1) is 27.4. The first-order chi connectivity index (χ1) is 18.2. The molecule has 10 heteroatoms. The molecule has 2 aliphatic heterocycles. The van der Waals surface area contributed by atoms with E-state index in [0.29, 0.717) is 12.4 Å². The summed E-state index contributed by atoms with van der Waals surface area (Å²) < 4.78 is 42.1. The van der Waals surface area contributed by atoms with Crippen molar-refractivity contribution in [1.82, 2.24) is 4.90 Å². The molecule has 38 heavy (non-hydrogen) atoms. The lowest BCUT2D eigenvalue weighted by Gasteiger charge is -2.37. The van der Waals surface area contributed by atoms with E-state index >= 15 is 0 Å². The van der Waals surface area contributed by atoms with Gasteiger partial charge in [0.2, 0.25) is 0 Å². The fourth-order valence-electron chi connectivity index (χ4n) is 4.71. The van der Waals surface area contributed by atoms with Crippen LogP contribution in [0.2, 0.25) is 0 Å². The Balaban J connectivity index is 0.000000786. The number of benzene rings is 3. The van der Waals surface area contributed by atoms with Gasteiger partial charge >= 0.3 is 7.91 Å². The molecule has 0 unspecified atom stereocenters. The van der Waals surface area contributed by atoms with Crippen LogP contribution in [0.5, 0.6) is 23.0 Å². The molecule has 1 atom stereocenters. The van der Waals surface area contributed by atoms with Crippen LogP contribution in [0.1, 0.15) is 29.7 Å². The molecule has 2 aliphatic rings. The van der Waals surface area contributed by atoms with Gasteiger partial charge in [-0.3, -0.25) is 14.2 Å². The summed E-state index contributed by atoms with van der Waals surface area (Å²) >= 11 is 0. The van der Waals surface area contributed by atoms with Gasteiger partial charge in [0.1, 0.15) is 35.7 Å². The van der Waals surface area contributed by atoms with Gasteiger partial charge < -0.3 is 19.7 Å². The van der Waals surface area contributed by atoms with E-state index in [-0.39, 0.29) is 30.2 Å². The standard InChI is InChI=1S/C28H28FNO4.HO3P/c1-18-25-14-23(32)7-10-26(25)34-28(27(18)21-3-2-4-22(31)13-21)20-5-8-24(9-6-20)33-12-11-30-16-19(15-29)17-30;1-4(2)3/h2-10,13-14,19,28,31-32H,11-12,15-17H2,1H3;(H,1,2,3)/t28-;/m1./s1. The Morgan fingerprint density at radius 2 is 1.71 bits per heavy atom. The van der Waals surface area contributed by atoms with Gasteiger partial charge in [0, 0.05) is 36.7 Å². The van der Waals surface area contributed by atoms with Gasteiger partial charge in [-0.05, 0) is 66.1 Å². The van der Waals surface area contributed by atoms with Crippen LogP contribution in [-0.4, -0.2) is 52.9 Å². The fraction of sp³-hybridized carbons (Fsp3) is 0.286. The van der Waals surface area contributed by atoms with Gasteiger partial charge in [-0.25, -0.2) is 9.13 Å². The van der Waals surface area contributed by atoms with Crippen molar-refractivity contribution in [3.63, 3.8) is 0 Å². The summed E-state index contributed by atoms with van der Waals surface area (Å²) in [5.41, 5.74) is 4.56. The lowest BCUT2D eigenvalue weighted by atomic mass is 9.86. The highest BCUT2D eigenvalue weighted by Gasteiger charge is 2.30. The summed E-state index contributed by atoms with van der Waals surface area (Å²) in [6, 6.07) is 20.1. The minimum atomic E-state index is -3.12. The van der Waals surface area contributed by atoms with Crippen molar-refractivity contribution in [3.8, 4) is 23.0 Å². The van der Waals surface area contributed by atoms with Crippen LogP contribution in [0, 0.1) is 5.92 Å². The van der Waals surface area contributed by atoms with E-state index < -0.39 is 7.91 Å². The van der Waals surface area contributed by atoms with Gasteiger partial charge in [0.15, 0.2) is 0 Å². The molecule has 1 fully saturated rings. The van der Waals surface area contributed by atoms with Gasteiger partial charge in [0.25, 0.3) is 0 Å². The van der Waals surface area contributed by atoms with Crippen LogP contribution in [0.15, 0.2) is 66.7 Å². The van der Waals surface area contributed by atoms with Gasteiger partial charge in [-0.1, -0.05) is 24.3 Å². The number of halogens is 1. The average Bonchev–Trinajstić information content (AvgIpc) is 2.86. The highest BCUT2D eigenvalue weighted by Crippen LogP contribution is 2.47. The van der Waals surface area contributed by atoms with E-state index in [9.17, 15) is 14.6 Å². The Labute approximate surface area is 220 Å². The zero-order valence-electron chi connectivity index (χ0n) is 20.8. The van der Waals surface area contributed by atoms with Crippen LogP contribution < -0.4 is 9.47 Å². The van der Waals surface area contributed by atoms with Crippen LogP contribution in [0.4, 0.5) is 4.39 Å². The molecular weight excluding hydrogens is 512 g/mol. The smallest absolute Gasteiger partial charge is 0.465 e. The Bertz CT molecular complexity index is 1360. The number of likely N-dealkylation sites (tertiary alicyclic amines) is 1. The van der Waals surface area contributed by atoms with E-state index in [1.54, 1.807) is 30.3 Å². The summed E-state index contributed by atoms with van der Waals surface area (Å²) in [6.07, 6.45) is -0.383. The maximum atomic E-state index is 12.6.